The summed E-state index contributed by atoms with van der Waals surface area (Å²) in [6.07, 6.45) is 3.48. The summed E-state index contributed by atoms with van der Waals surface area (Å²) >= 11 is 0. The second kappa shape index (κ2) is 7.08. The van der Waals surface area contributed by atoms with Gasteiger partial charge in [-0.05, 0) is 37.9 Å². The van der Waals surface area contributed by atoms with Crippen LogP contribution in [-0.2, 0) is 14.8 Å². The van der Waals surface area contributed by atoms with Crippen LogP contribution in [0.2, 0.25) is 0 Å². The van der Waals surface area contributed by atoms with Crippen molar-refractivity contribution in [3.05, 3.63) is 30.3 Å². The zero-order valence-electron chi connectivity index (χ0n) is 12.9. The van der Waals surface area contributed by atoms with Crippen molar-refractivity contribution in [3.63, 3.8) is 0 Å². The van der Waals surface area contributed by atoms with Gasteiger partial charge in [-0.1, -0.05) is 18.2 Å². The summed E-state index contributed by atoms with van der Waals surface area (Å²) in [5, 5.41) is 0. The first kappa shape index (κ1) is 15.9. The standard InChI is InChI=1S/C16H24N2O3S/c19-22(20,16-7-2-1-3-8-16)18-10-5-9-17(11-12-18)14-15-6-4-13-21-15/h1-3,7-8,15H,4-6,9-14H2/t15-/m0/s1. The Kier molecular flexibility index (Phi) is 5.13. The number of rotatable bonds is 4. The normalized spacial score (nSPS) is 25.2. The Hall–Kier alpha value is -0.950. The van der Waals surface area contributed by atoms with E-state index in [-0.39, 0.29) is 0 Å². The average molecular weight is 324 g/mol. The van der Waals surface area contributed by atoms with E-state index in [4.69, 9.17) is 4.74 Å². The van der Waals surface area contributed by atoms with E-state index in [0.29, 0.717) is 24.1 Å². The maximum absolute atomic E-state index is 12.7. The minimum absolute atomic E-state index is 0.331. The molecule has 2 saturated heterocycles. The van der Waals surface area contributed by atoms with Gasteiger partial charge >= 0.3 is 0 Å². The van der Waals surface area contributed by atoms with Gasteiger partial charge in [0.15, 0.2) is 0 Å². The lowest BCUT2D eigenvalue weighted by molar-refractivity contribution is 0.0749. The molecule has 0 saturated carbocycles. The monoisotopic (exact) mass is 324 g/mol. The second-order valence-corrected chi connectivity index (χ2v) is 7.94. The van der Waals surface area contributed by atoms with Crippen LogP contribution >= 0.6 is 0 Å². The number of sulfonamides is 1. The molecule has 0 aliphatic carbocycles. The van der Waals surface area contributed by atoms with Crippen molar-refractivity contribution in [1.29, 1.82) is 0 Å². The van der Waals surface area contributed by atoms with Crippen molar-refractivity contribution >= 4 is 10.0 Å². The minimum Gasteiger partial charge on any atom is -0.377 e. The van der Waals surface area contributed by atoms with Gasteiger partial charge in [0, 0.05) is 32.8 Å². The van der Waals surface area contributed by atoms with Gasteiger partial charge in [0.1, 0.15) is 0 Å². The molecule has 5 nitrogen and oxygen atoms in total. The van der Waals surface area contributed by atoms with Gasteiger partial charge in [-0.15, -0.1) is 0 Å². The van der Waals surface area contributed by atoms with Crippen LogP contribution in [0, 0.1) is 0 Å². The van der Waals surface area contributed by atoms with E-state index in [9.17, 15) is 8.42 Å². The lowest BCUT2D eigenvalue weighted by atomic mass is 10.2. The van der Waals surface area contributed by atoms with E-state index in [1.54, 1.807) is 28.6 Å². The average Bonchev–Trinajstić information content (AvgIpc) is 2.92. The molecule has 3 rings (SSSR count). The molecule has 6 heteroatoms. The Labute approximate surface area is 132 Å². The van der Waals surface area contributed by atoms with Crippen molar-refractivity contribution in [2.75, 3.05) is 39.3 Å². The fourth-order valence-corrected chi connectivity index (χ4v) is 4.68. The summed E-state index contributed by atoms with van der Waals surface area (Å²) in [7, 11) is -3.36. The number of benzene rings is 1. The van der Waals surface area contributed by atoms with Gasteiger partial charge in [-0.2, -0.15) is 4.31 Å². The van der Waals surface area contributed by atoms with Crippen molar-refractivity contribution in [2.45, 2.75) is 30.3 Å². The molecule has 0 radical (unpaired) electrons. The molecule has 2 aliphatic heterocycles. The van der Waals surface area contributed by atoms with Gasteiger partial charge in [0.2, 0.25) is 10.0 Å². The smallest absolute Gasteiger partial charge is 0.243 e. The van der Waals surface area contributed by atoms with Crippen molar-refractivity contribution < 1.29 is 13.2 Å². The number of ether oxygens (including phenoxy) is 1. The summed E-state index contributed by atoms with van der Waals surface area (Å²) in [5.74, 6) is 0. The van der Waals surface area contributed by atoms with Crippen LogP contribution in [0.25, 0.3) is 0 Å². The molecule has 2 fully saturated rings. The molecular weight excluding hydrogens is 300 g/mol. The van der Waals surface area contributed by atoms with Crippen LogP contribution in [0.1, 0.15) is 19.3 Å². The summed E-state index contributed by atoms with van der Waals surface area (Å²) in [6.45, 7) is 4.68. The SMILES string of the molecule is O=S(=O)(c1ccccc1)N1CCCN(C[C@@H]2CCCO2)CC1. The minimum atomic E-state index is -3.36. The van der Waals surface area contributed by atoms with Crippen LogP contribution in [0.4, 0.5) is 0 Å². The van der Waals surface area contributed by atoms with Crippen LogP contribution in [0.3, 0.4) is 0 Å². The number of hydrogen-bond donors (Lipinski definition) is 0. The molecule has 1 aromatic rings. The number of nitrogens with zero attached hydrogens (tertiary/aromatic N) is 2. The van der Waals surface area contributed by atoms with E-state index >= 15 is 0 Å². The van der Waals surface area contributed by atoms with Gasteiger partial charge in [0.05, 0.1) is 11.0 Å². The molecule has 1 aromatic carbocycles. The van der Waals surface area contributed by atoms with Crippen LogP contribution < -0.4 is 0 Å². The third-order valence-electron chi connectivity index (χ3n) is 4.41. The van der Waals surface area contributed by atoms with Crippen molar-refractivity contribution in [3.8, 4) is 0 Å². The lowest BCUT2D eigenvalue weighted by Gasteiger charge is -2.23. The summed E-state index contributed by atoms with van der Waals surface area (Å²) < 4.78 is 32.7. The summed E-state index contributed by atoms with van der Waals surface area (Å²) in [6, 6.07) is 8.72. The predicted molar refractivity (Wildman–Crippen MR) is 85.2 cm³/mol. The zero-order valence-corrected chi connectivity index (χ0v) is 13.7. The molecular formula is C16H24N2O3S. The maximum atomic E-state index is 12.7. The highest BCUT2D eigenvalue weighted by molar-refractivity contribution is 7.89. The fourth-order valence-electron chi connectivity index (χ4n) is 3.19. The zero-order chi connectivity index (χ0) is 15.4. The molecule has 1 atom stereocenters. The van der Waals surface area contributed by atoms with E-state index in [1.807, 2.05) is 6.07 Å². The Balaban J connectivity index is 1.62. The highest BCUT2D eigenvalue weighted by atomic mass is 32.2. The first-order valence-corrected chi connectivity index (χ1v) is 9.49. The van der Waals surface area contributed by atoms with E-state index in [1.165, 1.54) is 0 Å². The van der Waals surface area contributed by atoms with Crippen LogP contribution in [-0.4, -0.2) is 63.1 Å². The van der Waals surface area contributed by atoms with Gasteiger partial charge in [-0.25, -0.2) is 8.42 Å². The molecule has 22 heavy (non-hydrogen) atoms. The molecule has 2 heterocycles. The molecule has 0 bridgehead atoms. The first-order chi connectivity index (χ1) is 10.7. The molecule has 0 amide bonds. The Bertz CT molecular complexity index is 570. The lowest BCUT2D eigenvalue weighted by Crippen LogP contribution is -2.37. The molecule has 0 N–H and O–H groups in total. The maximum Gasteiger partial charge on any atom is 0.243 e. The third kappa shape index (κ3) is 3.68. The Morgan fingerprint density at radius 1 is 1.05 bits per heavy atom. The highest BCUT2D eigenvalue weighted by Gasteiger charge is 2.28. The molecule has 0 aromatic heterocycles. The van der Waals surface area contributed by atoms with Gasteiger partial charge < -0.3 is 4.74 Å². The van der Waals surface area contributed by atoms with E-state index < -0.39 is 10.0 Å². The van der Waals surface area contributed by atoms with Gasteiger partial charge in [0.25, 0.3) is 0 Å². The van der Waals surface area contributed by atoms with Gasteiger partial charge in [-0.3, -0.25) is 4.90 Å². The first-order valence-electron chi connectivity index (χ1n) is 8.05. The largest absolute Gasteiger partial charge is 0.377 e. The second-order valence-electron chi connectivity index (χ2n) is 6.01. The molecule has 0 spiro atoms. The van der Waals surface area contributed by atoms with E-state index in [0.717, 1.165) is 45.5 Å². The fraction of sp³-hybridized carbons (Fsp3) is 0.625. The number of hydrogen-bond acceptors (Lipinski definition) is 4. The Morgan fingerprint density at radius 3 is 2.59 bits per heavy atom. The highest BCUT2D eigenvalue weighted by Crippen LogP contribution is 2.19. The Morgan fingerprint density at radius 2 is 1.86 bits per heavy atom. The van der Waals surface area contributed by atoms with Crippen molar-refractivity contribution in [2.24, 2.45) is 0 Å². The summed E-state index contributed by atoms with van der Waals surface area (Å²) in [5.41, 5.74) is 0. The molecule has 0 unspecified atom stereocenters. The van der Waals surface area contributed by atoms with Crippen LogP contribution in [0.5, 0.6) is 0 Å². The van der Waals surface area contributed by atoms with Crippen molar-refractivity contribution in [1.82, 2.24) is 9.21 Å². The molecule has 122 valence electrons. The predicted octanol–water partition coefficient (Wildman–Crippen LogP) is 1.56. The van der Waals surface area contributed by atoms with Crippen LogP contribution in [0.15, 0.2) is 35.2 Å². The topological polar surface area (TPSA) is 49.9 Å². The third-order valence-corrected chi connectivity index (χ3v) is 6.33. The quantitative estimate of drug-likeness (QED) is 0.843. The summed E-state index contributed by atoms with van der Waals surface area (Å²) in [4.78, 5) is 2.74. The van der Waals surface area contributed by atoms with E-state index in [2.05, 4.69) is 4.90 Å². The molecule has 2 aliphatic rings.